The Kier molecular flexibility index (Phi) is 6.93. The highest BCUT2D eigenvalue weighted by molar-refractivity contribution is 6.71. The van der Waals surface area contributed by atoms with Crippen LogP contribution in [0.3, 0.4) is 0 Å². The number of carbonyl (C=O) groups excluding carboxylic acids is 3. The number of fused-ring (bicyclic) bond motifs is 2. The van der Waals surface area contributed by atoms with Crippen molar-refractivity contribution in [1.82, 2.24) is 4.90 Å². The zero-order valence-electron chi connectivity index (χ0n) is 22.0. The van der Waals surface area contributed by atoms with Gasteiger partial charge >= 0.3 is 0 Å². The Morgan fingerprint density at radius 3 is 2.63 bits per heavy atom. The lowest BCUT2D eigenvalue weighted by atomic mass is 9.82. The number of benzene rings is 2. The molecule has 9 nitrogen and oxygen atoms in total. The van der Waals surface area contributed by atoms with Crippen LogP contribution in [0.25, 0.3) is 0 Å². The van der Waals surface area contributed by atoms with E-state index in [0.29, 0.717) is 29.2 Å². The fraction of sp³-hybridized carbons (Fsp3) is 0.464. The second-order valence-electron chi connectivity index (χ2n) is 11.1. The molecule has 0 aliphatic carbocycles. The summed E-state index contributed by atoms with van der Waals surface area (Å²) in [5, 5.41) is 12.7. The van der Waals surface area contributed by atoms with Crippen LogP contribution in [-0.4, -0.2) is 66.6 Å². The summed E-state index contributed by atoms with van der Waals surface area (Å²) in [6.07, 6.45) is 1.68. The molecule has 0 bridgehead atoms. The first-order valence-corrected chi connectivity index (χ1v) is 16.2. The number of aliphatic hydroxyl groups excluding tert-OH is 1. The molecule has 3 N–H and O–H groups in total. The van der Waals surface area contributed by atoms with Crippen molar-refractivity contribution in [3.05, 3.63) is 54.1 Å². The molecular weight excluding hydrogens is 502 g/mol. The third-order valence-corrected chi connectivity index (χ3v) is 10.9. The van der Waals surface area contributed by atoms with Gasteiger partial charge in [0.2, 0.25) is 12.3 Å². The number of ether oxygens (including phenoxy) is 1. The molecule has 5 rings (SSSR count). The predicted molar refractivity (Wildman–Crippen MR) is 145 cm³/mol. The monoisotopic (exact) mass is 537 g/mol. The number of nitrogens with zero attached hydrogens (tertiary/aromatic N) is 2. The van der Waals surface area contributed by atoms with Crippen molar-refractivity contribution in [1.29, 1.82) is 0 Å². The SMILES string of the molecule is C[C@@H]1[C@@H]([Si](C)(C)O)[C@H](CC(=O)N2CCC[C@H]2CO)O[C@@]12C(=O)Nc1ccc(N(C=O)c3ccccc3)cc12. The van der Waals surface area contributed by atoms with Crippen LogP contribution in [-0.2, 0) is 24.7 Å². The van der Waals surface area contributed by atoms with E-state index >= 15 is 0 Å². The van der Waals surface area contributed by atoms with Crippen LogP contribution in [0.4, 0.5) is 17.1 Å². The Morgan fingerprint density at radius 2 is 1.97 bits per heavy atom. The molecule has 3 heterocycles. The highest BCUT2D eigenvalue weighted by Crippen LogP contribution is 2.58. The van der Waals surface area contributed by atoms with E-state index in [9.17, 15) is 24.3 Å². The third-order valence-electron chi connectivity index (χ3n) is 8.42. The number of rotatable bonds is 7. The molecule has 2 fully saturated rings. The summed E-state index contributed by atoms with van der Waals surface area (Å²) in [5.74, 6) is -0.887. The zero-order valence-corrected chi connectivity index (χ0v) is 23.0. The van der Waals surface area contributed by atoms with Gasteiger partial charge in [0.15, 0.2) is 13.9 Å². The summed E-state index contributed by atoms with van der Waals surface area (Å²) in [5.41, 5.74) is 0.661. The van der Waals surface area contributed by atoms with Gasteiger partial charge in [0.1, 0.15) is 0 Å². The molecule has 3 amide bonds. The van der Waals surface area contributed by atoms with Gasteiger partial charge in [-0.05, 0) is 56.3 Å². The van der Waals surface area contributed by atoms with Crippen molar-refractivity contribution in [2.75, 3.05) is 23.4 Å². The number of hydrogen-bond acceptors (Lipinski definition) is 6. The maximum absolute atomic E-state index is 13.6. The molecular formula is C28H35N3O6Si. The van der Waals surface area contributed by atoms with E-state index in [1.807, 2.05) is 50.3 Å². The van der Waals surface area contributed by atoms with Crippen LogP contribution < -0.4 is 10.2 Å². The topological polar surface area (TPSA) is 119 Å². The number of para-hydroxylation sites is 1. The van der Waals surface area contributed by atoms with E-state index in [1.165, 1.54) is 4.90 Å². The lowest BCUT2D eigenvalue weighted by molar-refractivity contribution is -0.148. The summed E-state index contributed by atoms with van der Waals surface area (Å²) in [7, 11) is -2.91. The summed E-state index contributed by atoms with van der Waals surface area (Å²) < 4.78 is 6.62. The van der Waals surface area contributed by atoms with Gasteiger partial charge in [0, 0.05) is 40.6 Å². The van der Waals surface area contributed by atoms with Gasteiger partial charge in [-0.3, -0.25) is 19.3 Å². The molecule has 2 aromatic rings. The van der Waals surface area contributed by atoms with E-state index < -0.39 is 31.5 Å². The molecule has 3 aliphatic rings. The summed E-state index contributed by atoms with van der Waals surface area (Å²) in [6.45, 7) is 6.02. The minimum atomic E-state index is -2.91. The highest BCUT2D eigenvalue weighted by Gasteiger charge is 2.65. The van der Waals surface area contributed by atoms with Crippen LogP contribution >= 0.6 is 0 Å². The van der Waals surface area contributed by atoms with E-state index in [0.717, 1.165) is 19.3 Å². The van der Waals surface area contributed by atoms with Crippen LogP contribution in [0, 0.1) is 5.92 Å². The Morgan fingerprint density at radius 1 is 1.24 bits per heavy atom. The molecule has 0 radical (unpaired) electrons. The van der Waals surface area contributed by atoms with Gasteiger partial charge in [-0.25, -0.2) is 0 Å². The number of anilines is 3. The highest BCUT2D eigenvalue weighted by atomic mass is 28.4. The van der Waals surface area contributed by atoms with E-state index in [-0.39, 0.29) is 30.9 Å². The van der Waals surface area contributed by atoms with Crippen molar-refractivity contribution in [2.45, 2.75) is 62.6 Å². The number of carbonyl (C=O) groups is 3. The van der Waals surface area contributed by atoms with E-state index in [4.69, 9.17) is 4.74 Å². The number of nitrogens with one attached hydrogen (secondary N) is 1. The first kappa shape index (κ1) is 26.5. The number of aliphatic hydroxyl groups is 1. The first-order chi connectivity index (χ1) is 18.1. The molecule has 1 spiro atoms. The van der Waals surface area contributed by atoms with Crippen LogP contribution in [0.2, 0.25) is 18.6 Å². The molecule has 0 unspecified atom stereocenters. The summed E-state index contributed by atoms with van der Waals surface area (Å²) in [6, 6.07) is 14.3. The average molecular weight is 538 g/mol. The summed E-state index contributed by atoms with van der Waals surface area (Å²) >= 11 is 0. The Balaban J connectivity index is 1.53. The van der Waals surface area contributed by atoms with Crippen LogP contribution in [0.5, 0.6) is 0 Å². The summed E-state index contributed by atoms with van der Waals surface area (Å²) in [4.78, 5) is 53.6. The van der Waals surface area contributed by atoms with Gasteiger partial charge in [0.05, 0.1) is 25.2 Å². The van der Waals surface area contributed by atoms with Crippen LogP contribution in [0.1, 0.15) is 31.7 Å². The molecule has 2 saturated heterocycles. The Labute approximate surface area is 223 Å². The Hall–Kier alpha value is -3.05. The van der Waals surface area contributed by atoms with Gasteiger partial charge in [-0.1, -0.05) is 25.1 Å². The minimum absolute atomic E-state index is 0.0248. The van der Waals surface area contributed by atoms with Crippen molar-refractivity contribution < 1.29 is 29.0 Å². The predicted octanol–water partition coefficient (Wildman–Crippen LogP) is 3.10. The standard InChI is InChI=1S/C28H35N3O6Si/c1-18-26(38(2,3)36)24(15-25(34)30-13-7-10-21(30)16-32)37-28(18)22-14-20(11-12-23(22)29-27(28)35)31(17-33)19-8-5-4-6-9-19/h4-6,8-9,11-12,14,17-18,21,24,26,32,36H,7,10,13,15-16H2,1-3H3,(H,29,35)/t18-,21+,24+,26-,28+/m1/s1. The molecule has 0 saturated carbocycles. The second kappa shape index (κ2) is 9.92. The third kappa shape index (κ3) is 4.25. The van der Waals surface area contributed by atoms with E-state index in [1.54, 1.807) is 23.1 Å². The number of amides is 3. The molecule has 202 valence electrons. The van der Waals surface area contributed by atoms with Crippen molar-refractivity contribution in [2.24, 2.45) is 5.92 Å². The molecule has 5 atom stereocenters. The Bertz CT molecular complexity index is 1230. The maximum atomic E-state index is 13.6. The van der Waals surface area contributed by atoms with Gasteiger partial charge in [-0.2, -0.15) is 0 Å². The molecule has 2 aromatic carbocycles. The fourth-order valence-electron chi connectivity index (χ4n) is 6.74. The van der Waals surface area contributed by atoms with Crippen molar-refractivity contribution in [3.63, 3.8) is 0 Å². The van der Waals surface area contributed by atoms with Gasteiger partial charge in [0.25, 0.3) is 5.91 Å². The smallest absolute Gasteiger partial charge is 0.261 e. The average Bonchev–Trinajstić information content (AvgIpc) is 3.55. The maximum Gasteiger partial charge on any atom is 0.261 e. The minimum Gasteiger partial charge on any atom is -0.432 e. The quantitative estimate of drug-likeness (QED) is 0.369. The number of hydrogen-bond donors (Lipinski definition) is 3. The van der Waals surface area contributed by atoms with E-state index in [2.05, 4.69) is 5.32 Å². The normalized spacial score (nSPS) is 28.4. The van der Waals surface area contributed by atoms with Gasteiger partial charge in [-0.15, -0.1) is 0 Å². The first-order valence-electron chi connectivity index (χ1n) is 13.2. The lowest BCUT2D eigenvalue weighted by Gasteiger charge is -2.32. The largest absolute Gasteiger partial charge is 0.432 e. The molecule has 10 heteroatoms. The molecule has 38 heavy (non-hydrogen) atoms. The molecule has 0 aromatic heterocycles. The van der Waals surface area contributed by atoms with Gasteiger partial charge < -0.3 is 24.9 Å². The van der Waals surface area contributed by atoms with Crippen molar-refractivity contribution in [3.8, 4) is 0 Å². The van der Waals surface area contributed by atoms with Crippen LogP contribution in [0.15, 0.2) is 48.5 Å². The fourth-order valence-corrected chi connectivity index (χ4v) is 9.29. The molecule has 3 aliphatic heterocycles. The number of likely N-dealkylation sites (tertiary alicyclic amines) is 1. The van der Waals surface area contributed by atoms with Crippen molar-refractivity contribution >= 4 is 43.6 Å². The second-order valence-corrected chi connectivity index (χ2v) is 15.1. The zero-order chi connectivity index (χ0) is 27.2. The lowest BCUT2D eigenvalue weighted by Crippen LogP contribution is -2.44.